The van der Waals surface area contributed by atoms with Crippen LogP contribution in [0.25, 0.3) is 0 Å². The molecular formula is C14H23NO3. The molecule has 2 aliphatic carbocycles. The van der Waals surface area contributed by atoms with Gasteiger partial charge in [-0.3, -0.25) is 0 Å². The second kappa shape index (κ2) is 5.47. The summed E-state index contributed by atoms with van der Waals surface area (Å²) in [6.07, 6.45) is 7.44. The molecule has 102 valence electrons. The maximum Gasteiger partial charge on any atom is 0.409 e. The molecule has 0 unspecified atom stereocenters. The van der Waals surface area contributed by atoms with Crippen LogP contribution in [0.5, 0.6) is 0 Å². The first kappa shape index (κ1) is 12.3. The summed E-state index contributed by atoms with van der Waals surface area (Å²) >= 11 is 0. The lowest BCUT2D eigenvalue weighted by atomic mass is 9.86. The van der Waals surface area contributed by atoms with Crippen LogP contribution in [0.1, 0.15) is 38.5 Å². The molecule has 1 atom stereocenters. The highest BCUT2D eigenvalue weighted by Crippen LogP contribution is 2.30. The van der Waals surface area contributed by atoms with E-state index in [1.54, 1.807) is 4.90 Å². The molecule has 0 aromatic rings. The molecule has 1 heterocycles. The minimum Gasteiger partial charge on any atom is -0.449 e. The molecule has 0 N–H and O–H groups in total. The van der Waals surface area contributed by atoms with Gasteiger partial charge in [-0.2, -0.15) is 0 Å². The van der Waals surface area contributed by atoms with E-state index in [1.807, 2.05) is 0 Å². The fourth-order valence-corrected chi connectivity index (χ4v) is 2.53. The topological polar surface area (TPSA) is 38.8 Å². The lowest BCUT2D eigenvalue weighted by Crippen LogP contribution is -2.32. The lowest BCUT2D eigenvalue weighted by Gasteiger charge is -2.26. The van der Waals surface area contributed by atoms with Gasteiger partial charge in [0.15, 0.2) is 0 Å². The normalized spacial score (nSPS) is 28.2. The van der Waals surface area contributed by atoms with Crippen LogP contribution in [-0.4, -0.2) is 43.4 Å². The first-order valence-electron chi connectivity index (χ1n) is 7.34. The van der Waals surface area contributed by atoms with Gasteiger partial charge in [-0.1, -0.05) is 6.42 Å². The Morgan fingerprint density at radius 3 is 2.50 bits per heavy atom. The van der Waals surface area contributed by atoms with Crippen molar-refractivity contribution in [2.24, 2.45) is 11.8 Å². The molecule has 0 bridgehead atoms. The Hall–Kier alpha value is -0.770. The standard InChI is InChI=1S/C14H23NO3/c16-14(18-10-11-2-1-3-11)15-7-6-13(8-15)17-9-12-4-5-12/h11-13H,1-10H2/t13-/m0/s1. The summed E-state index contributed by atoms with van der Waals surface area (Å²) < 4.78 is 11.2. The largest absolute Gasteiger partial charge is 0.449 e. The zero-order valence-electron chi connectivity index (χ0n) is 11.0. The Bertz CT molecular complexity index is 299. The first-order chi connectivity index (χ1) is 8.81. The van der Waals surface area contributed by atoms with Crippen molar-refractivity contribution in [3.05, 3.63) is 0 Å². The molecular weight excluding hydrogens is 230 g/mol. The van der Waals surface area contributed by atoms with Crippen LogP contribution < -0.4 is 0 Å². The van der Waals surface area contributed by atoms with E-state index in [2.05, 4.69) is 0 Å². The Labute approximate surface area is 109 Å². The van der Waals surface area contributed by atoms with Crippen molar-refractivity contribution in [2.75, 3.05) is 26.3 Å². The number of hydrogen-bond donors (Lipinski definition) is 0. The van der Waals surface area contributed by atoms with Gasteiger partial charge in [0.05, 0.1) is 19.3 Å². The van der Waals surface area contributed by atoms with Gasteiger partial charge in [0, 0.05) is 13.2 Å². The average Bonchev–Trinajstić information content (AvgIpc) is 3.01. The van der Waals surface area contributed by atoms with Gasteiger partial charge in [-0.15, -0.1) is 0 Å². The Balaban J connectivity index is 1.33. The minimum atomic E-state index is -0.139. The third-order valence-corrected chi connectivity index (χ3v) is 4.34. The van der Waals surface area contributed by atoms with Crippen molar-refractivity contribution in [1.29, 1.82) is 0 Å². The van der Waals surface area contributed by atoms with Gasteiger partial charge in [0.1, 0.15) is 0 Å². The number of nitrogens with zero attached hydrogens (tertiary/aromatic N) is 1. The Kier molecular flexibility index (Phi) is 3.73. The third-order valence-electron chi connectivity index (χ3n) is 4.34. The molecule has 18 heavy (non-hydrogen) atoms. The van der Waals surface area contributed by atoms with Crippen LogP contribution in [0.2, 0.25) is 0 Å². The second-order valence-corrected chi connectivity index (χ2v) is 6.01. The maximum absolute atomic E-state index is 11.8. The summed E-state index contributed by atoms with van der Waals surface area (Å²) in [5, 5.41) is 0. The zero-order valence-corrected chi connectivity index (χ0v) is 11.0. The van der Waals surface area contributed by atoms with Crippen molar-refractivity contribution in [3.63, 3.8) is 0 Å². The summed E-state index contributed by atoms with van der Waals surface area (Å²) in [7, 11) is 0. The number of carbonyl (C=O) groups is 1. The highest BCUT2D eigenvalue weighted by Gasteiger charge is 2.30. The molecule has 0 aromatic heterocycles. The zero-order chi connectivity index (χ0) is 12.4. The van der Waals surface area contributed by atoms with E-state index in [1.165, 1.54) is 32.1 Å². The molecule has 1 saturated heterocycles. The van der Waals surface area contributed by atoms with E-state index in [-0.39, 0.29) is 12.2 Å². The van der Waals surface area contributed by atoms with Gasteiger partial charge < -0.3 is 14.4 Å². The fraction of sp³-hybridized carbons (Fsp3) is 0.929. The molecule has 1 aliphatic heterocycles. The number of likely N-dealkylation sites (tertiary alicyclic amines) is 1. The lowest BCUT2D eigenvalue weighted by molar-refractivity contribution is 0.0443. The van der Waals surface area contributed by atoms with Crippen LogP contribution in [0.3, 0.4) is 0 Å². The third kappa shape index (κ3) is 3.16. The monoisotopic (exact) mass is 253 g/mol. The van der Waals surface area contributed by atoms with Gasteiger partial charge in [-0.05, 0) is 43.9 Å². The summed E-state index contributed by atoms with van der Waals surface area (Å²) in [6.45, 7) is 3.01. The van der Waals surface area contributed by atoms with Crippen molar-refractivity contribution < 1.29 is 14.3 Å². The molecule has 3 rings (SSSR count). The summed E-state index contributed by atoms with van der Waals surface area (Å²) in [6, 6.07) is 0. The SMILES string of the molecule is O=C(OCC1CCC1)N1CC[C@H](OCC2CC2)C1. The Morgan fingerprint density at radius 2 is 1.83 bits per heavy atom. The van der Waals surface area contributed by atoms with Crippen LogP contribution in [0.4, 0.5) is 4.79 Å². The number of carbonyl (C=O) groups excluding carboxylic acids is 1. The fourth-order valence-electron chi connectivity index (χ4n) is 2.53. The highest BCUT2D eigenvalue weighted by atomic mass is 16.6. The van der Waals surface area contributed by atoms with E-state index < -0.39 is 0 Å². The molecule has 0 aromatic carbocycles. The van der Waals surface area contributed by atoms with Gasteiger partial charge in [0.25, 0.3) is 0 Å². The molecule has 3 aliphatic rings. The number of rotatable bonds is 5. The second-order valence-electron chi connectivity index (χ2n) is 6.01. The number of amides is 1. The van der Waals surface area contributed by atoms with Gasteiger partial charge >= 0.3 is 6.09 Å². The first-order valence-corrected chi connectivity index (χ1v) is 7.34. The number of ether oxygens (including phenoxy) is 2. The highest BCUT2D eigenvalue weighted by molar-refractivity contribution is 5.68. The molecule has 1 amide bonds. The van der Waals surface area contributed by atoms with Crippen LogP contribution >= 0.6 is 0 Å². The van der Waals surface area contributed by atoms with Crippen LogP contribution in [0, 0.1) is 11.8 Å². The van der Waals surface area contributed by atoms with Crippen molar-refractivity contribution in [2.45, 2.75) is 44.6 Å². The quantitative estimate of drug-likeness (QED) is 0.755. The number of hydrogen-bond acceptors (Lipinski definition) is 3. The maximum atomic E-state index is 11.8. The van der Waals surface area contributed by atoms with Gasteiger partial charge in [0.2, 0.25) is 0 Å². The average molecular weight is 253 g/mol. The van der Waals surface area contributed by atoms with E-state index in [9.17, 15) is 4.79 Å². The Morgan fingerprint density at radius 1 is 1.06 bits per heavy atom. The summed E-state index contributed by atoms with van der Waals surface area (Å²) in [4.78, 5) is 13.6. The predicted octanol–water partition coefficient (Wildman–Crippen LogP) is 2.42. The van der Waals surface area contributed by atoms with Crippen LogP contribution in [-0.2, 0) is 9.47 Å². The molecule has 0 spiro atoms. The smallest absolute Gasteiger partial charge is 0.409 e. The van der Waals surface area contributed by atoms with E-state index >= 15 is 0 Å². The molecule has 4 nitrogen and oxygen atoms in total. The molecule has 3 fully saturated rings. The molecule has 0 radical (unpaired) electrons. The minimum absolute atomic E-state index is 0.139. The van der Waals surface area contributed by atoms with Crippen molar-refractivity contribution in [1.82, 2.24) is 4.90 Å². The van der Waals surface area contributed by atoms with Crippen molar-refractivity contribution in [3.8, 4) is 0 Å². The van der Waals surface area contributed by atoms with E-state index in [4.69, 9.17) is 9.47 Å². The van der Waals surface area contributed by atoms with Gasteiger partial charge in [-0.25, -0.2) is 4.79 Å². The van der Waals surface area contributed by atoms with E-state index in [0.29, 0.717) is 12.5 Å². The predicted molar refractivity (Wildman–Crippen MR) is 67.3 cm³/mol. The van der Waals surface area contributed by atoms with Crippen molar-refractivity contribution >= 4 is 6.09 Å². The molecule has 2 saturated carbocycles. The molecule has 4 heteroatoms. The summed E-state index contributed by atoms with van der Waals surface area (Å²) in [5.74, 6) is 1.42. The summed E-state index contributed by atoms with van der Waals surface area (Å²) in [5.41, 5.74) is 0. The van der Waals surface area contributed by atoms with E-state index in [0.717, 1.165) is 32.0 Å². The van der Waals surface area contributed by atoms with Crippen LogP contribution in [0.15, 0.2) is 0 Å².